The average Bonchev–Trinajstić information content (AvgIpc) is 3.49. The lowest BCUT2D eigenvalue weighted by Crippen LogP contribution is -2.37. The number of nitrogens with zero attached hydrogens (tertiary/aromatic N) is 5. The first kappa shape index (κ1) is 29.0. The van der Waals surface area contributed by atoms with E-state index in [0.717, 1.165) is 86.6 Å². The van der Waals surface area contributed by atoms with Crippen LogP contribution in [0.5, 0.6) is 0 Å². The van der Waals surface area contributed by atoms with E-state index in [2.05, 4.69) is 30.8 Å². The predicted octanol–water partition coefficient (Wildman–Crippen LogP) is 2.99. The summed E-state index contributed by atoms with van der Waals surface area (Å²) in [6.07, 6.45) is 4.85. The number of benzene rings is 2. The average molecular weight is 585 g/mol. The number of urea groups is 1. The van der Waals surface area contributed by atoms with Crippen molar-refractivity contribution in [1.82, 2.24) is 30.4 Å². The van der Waals surface area contributed by atoms with E-state index in [1.165, 1.54) is 5.56 Å². The Bertz CT molecular complexity index is 1490. The van der Waals surface area contributed by atoms with Crippen LogP contribution in [0, 0.1) is 0 Å². The van der Waals surface area contributed by atoms with Crippen LogP contribution in [0.1, 0.15) is 24.4 Å². The van der Waals surface area contributed by atoms with Crippen molar-refractivity contribution in [3.05, 3.63) is 60.3 Å². The number of hydrogen-bond donors (Lipinski definition) is 5. The standard InChI is InChI=1S/C31H40N10O2/c32-12-16-34-13-9-22-1-5-24(6-2-22)36-31(42)37-25-7-3-23(4-8-25)28-38-29(40-17-19-43-20-18-40)27-21-35-41(30(27)39-28)26-10-14-33-15-11-26/h1-8,21,26,33-34H,9-20,32H2,(H2,36,37,42). The molecule has 12 heteroatoms. The highest BCUT2D eigenvalue weighted by atomic mass is 16.5. The van der Waals surface area contributed by atoms with Crippen LogP contribution in [0.2, 0.25) is 0 Å². The monoisotopic (exact) mass is 584 g/mol. The molecular weight excluding hydrogens is 544 g/mol. The number of morpholine rings is 1. The Morgan fingerprint density at radius 1 is 0.953 bits per heavy atom. The van der Waals surface area contributed by atoms with E-state index in [1.54, 1.807) is 0 Å². The van der Waals surface area contributed by atoms with Crippen LogP contribution in [0.4, 0.5) is 22.0 Å². The van der Waals surface area contributed by atoms with Gasteiger partial charge in [0, 0.05) is 43.1 Å². The summed E-state index contributed by atoms with van der Waals surface area (Å²) in [4.78, 5) is 25.0. The lowest BCUT2D eigenvalue weighted by molar-refractivity contribution is 0.122. The molecule has 0 aliphatic carbocycles. The molecule has 6 rings (SSSR count). The molecule has 4 aromatic rings. The topological polar surface area (TPSA) is 147 Å². The Morgan fingerprint density at radius 2 is 1.65 bits per heavy atom. The van der Waals surface area contributed by atoms with E-state index in [1.807, 2.05) is 54.7 Å². The van der Waals surface area contributed by atoms with Crippen LogP contribution in [0.3, 0.4) is 0 Å². The number of fused-ring (bicyclic) bond motifs is 1. The molecule has 0 radical (unpaired) electrons. The summed E-state index contributed by atoms with van der Waals surface area (Å²) in [5.74, 6) is 1.53. The van der Waals surface area contributed by atoms with Gasteiger partial charge in [0.25, 0.3) is 0 Å². The van der Waals surface area contributed by atoms with Gasteiger partial charge in [0.05, 0.1) is 30.8 Å². The summed E-state index contributed by atoms with van der Waals surface area (Å²) in [7, 11) is 0. The van der Waals surface area contributed by atoms with E-state index in [-0.39, 0.29) is 6.03 Å². The maximum Gasteiger partial charge on any atom is 0.323 e. The fourth-order valence-corrected chi connectivity index (χ4v) is 5.59. The van der Waals surface area contributed by atoms with E-state index >= 15 is 0 Å². The van der Waals surface area contributed by atoms with Gasteiger partial charge in [-0.2, -0.15) is 5.10 Å². The van der Waals surface area contributed by atoms with Gasteiger partial charge >= 0.3 is 6.03 Å². The third kappa shape index (κ3) is 7.11. The Balaban J connectivity index is 1.16. The molecule has 2 saturated heterocycles. The van der Waals surface area contributed by atoms with Crippen molar-refractivity contribution < 1.29 is 9.53 Å². The third-order valence-electron chi connectivity index (χ3n) is 7.92. The van der Waals surface area contributed by atoms with E-state index in [0.29, 0.717) is 37.3 Å². The number of nitrogens with one attached hydrogen (secondary N) is 4. The summed E-state index contributed by atoms with van der Waals surface area (Å²) < 4.78 is 7.68. The van der Waals surface area contributed by atoms with Crippen LogP contribution < -0.4 is 31.9 Å². The fourth-order valence-electron chi connectivity index (χ4n) is 5.59. The molecular formula is C31H40N10O2. The molecule has 226 valence electrons. The van der Waals surface area contributed by atoms with E-state index in [4.69, 9.17) is 25.5 Å². The van der Waals surface area contributed by atoms with Crippen molar-refractivity contribution in [1.29, 1.82) is 0 Å². The van der Waals surface area contributed by atoms with Crippen LogP contribution in [0.15, 0.2) is 54.7 Å². The minimum Gasteiger partial charge on any atom is -0.378 e. The van der Waals surface area contributed by atoms with Crippen molar-refractivity contribution >= 4 is 34.3 Å². The molecule has 0 unspecified atom stereocenters. The molecule has 0 atom stereocenters. The molecule has 12 nitrogen and oxygen atoms in total. The summed E-state index contributed by atoms with van der Waals surface area (Å²) in [6, 6.07) is 15.5. The molecule has 2 amide bonds. The number of aromatic nitrogens is 4. The number of carbonyl (C=O) groups excluding carboxylic acids is 1. The van der Waals surface area contributed by atoms with Gasteiger partial charge in [0.15, 0.2) is 11.5 Å². The van der Waals surface area contributed by atoms with Crippen LogP contribution in [-0.2, 0) is 11.2 Å². The SMILES string of the molecule is NCCNCCc1ccc(NC(=O)Nc2ccc(-c3nc(N4CCOCC4)c4cnn(C5CCNCC5)c4n3)cc2)cc1. The lowest BCUT2D eigenvalue weighted by atomic mass is 10.1. The largest absolute Gasteiger partial charge is 0.378 e. The van der Waals surface area contributed by atoms with Crippen molar-refractivity contribution in [2.45, 2.75) is 25.3 Å². The minimum absolute atomic E-state index is 0.303. The molecule has 2 aliphatic rings. The second-order valence-electron chi connectivity index (χ2n) is 10.9. The van der Waals surface area contributed by atoms with Crippen LogP contribution >= 0.6 is 0 Å². The zero-order valence-electron chi connectivity index (χ0n) is 24.4. The number of anilines is 3. The molecule has 2 aliphatic heterocycles. The van der Waals surface area contributed by atoms with Gasteiger partial charge in [0.1, 0.15) is 5.82 Å². The number of rotatable bonds is 10. The number of ether oxygens (including phenoxy) is 1. The normalized spacial score (nSPS) is 16.0. The van der Waals surface area contributed by atoms with Gasteiger partial charge in [-0.3, -0.25) is 0 Å². The number of amides is 2. The fraction of sp³-hybridized carbons (Fsp3) is 0.419. The molecule has 43 heavy (non-hydrogen) atoms. The third-order valence-corrected chi connectivity index (χ3v) is 7.92. The maximum atomic E-state index is 12.7. The molecule has 0 bridgehead atoms. The lowest BCUT2D eigenvalue weighted by Gasteiger charge is -2.28. The van der Waals surface area contributed by atoms with Crippen molar-refractivity contribution in [2.24, 2.45) is 5.73 Å². The highest BCUT2D eigenvalue weighted by molar-refractivity contribution is 5.99. The molecule has 2 aromatic carbocycles. The Labute approximate surface area is 251 Å². The van der Waals surface area contributed by atoms with Gasteiger partial charge in [-0.15, -0.1) is 0 Å². The second-order valence-corrected chi connectivity index (χ2v) is 10.9. The zero-order valence-corrected chi connectivity index (χ0v) is 24.4. The summed E-state index contributed by atoms with van der Waals surface area (Å²) in [5, 5.41) is 18.3. The van der Waals surface area contributed by atoms with Gasteiger partial charge in [-0.25, -0.2) is 19.4 Å². The quantitative estimate of drug-likeness (QED) is 0.178. The minimum atomic E-state index is -0.303. The predicted molar refractivity (Wildman–Crippen MR) is 170 cm³/mol. The summed E-state index contributed by atoms with van der Waals surface area (Å²) in [5.41, 5.74) is 9.85. The Hall–Kier alpha value is -4.10. The maximum absolute atomic E-state index is 12.7. The van der Waals surface area contributed by atoms with Crippen molar-refractivity contribution in [3.8, 4) is 11.4 Å². The number of nitrogens with two attached hydrogens (primary N) is 1. The van der Waals surface area contributed by atoms with Gasteiger partial charge in [0.2, 0.25) is 0 Å². The number of carbonyl (C=O) groups is 1. The smallest absolute Gasteiger partial charge is 0.323 e. The Kier molecular flexibility index (Phi) is 9.38. The first-order valence-electron chi connectivity index (χ1n) is 15.1. The molecule has 0 saturated carbocycles. The van der Waals surface area contributed by atoms with Crippen molar-refractivity contribution in [2.75, 3.05) is 74.6 Å². The highest BCUT2D eigenvalue weighted by Gasteiger charge is 2.24. The van der Waals surface area contributed by atoms with Gasteiger partial charge in [-0.1, -0.05) is 12.1 Å². The second kappa shape index (κ2) is 13.9. The number of hydrogen-bond acceptors (Lipinski definition) is 9. The van der Waals surface area contributed by atoms with Gasteiger partial charge in [-0.05, 0) is 80.9 Å². The highest BCUT2D eigenvalue weighted by Crippen LogP contribution is 2.31. The summed E-state index contributed by atoms with van der Waals surface area (Å²) in [6.45, 7) is 7.14. The molecule has 2 fully saturated rings. The first-order chi connectivity index (χ1) is 21.2. The molecule has 0 spiro atoms. The zero-order chi connectivity index (χ0) is 29.4. The summed E-state index contributed by atoms with van der Waals surface area (Å²) >= 11 is 0. The molecule has 4 heterocycles. The van der Waals surface area contributed by atoms with Crippen molar-refractivity contribution in [3.63, 3.8) is 0 Å². The van der Waals surface area contributed by atoms with Gasteiger partial charge < -0.3 is 36.6 Å². The molecule has 6 N–H and O–H groups in total. The molecule has 2 aromatic heterocycles. The van der Waals surface area contributed by atoms with Crippen LogP contribution in [-0.4, -0.2) is 84.8 Å². The first-order valence-corrected chi connectivity index (χ1v) is 15.1. The van der Waals surface area contributed by atoms with Crippen LogP contribution in [0.25, 0.3) is 22.4 Å². The van der Waals surface area contributed by atoms with E-state index < -0.39 is 0 Å². The van der Waals surface area contributed by atoms with E-state index in [9.17, 15) is 4.79 Å². The Morgan fingerprint density at radius 3 is 2.35 bits per heavy atom. The number of piperidine rings is 1.